The van der Waals surface area contributed by atoms with Gasteiger partial charge in [-0.25, -0.2) is 13.9 Å². The summed E-state index contributed by atoms with van der Waals surface area (Å²) >= 11 is 1.22. The molecule has 0 saturated carbocycles. The Bertz CT molecular complexity index is 348. The fourth-order valence-electron chi connectivity index (χ4n) is 0.919. The highest BCUT2D eigenvalue weighted by molar-refractivity contribution is 9.10. The van der Waals surface area contributed by atoms with Crippen molar-refractivity contribution in [1.82, 2.24) is 9.71 Å². The maximum atomic E-state index is 10.4. The second-order valence-corrected chi connectivity index (χ2v) is 4.09. The molecule has 1 aromatic rings. The van der Waals surface area contributed by atoms with Crippen molar-refractivity contribution in [3.8, 4) is 5.88 Å². The average Bonchev–Trinajstić information content (AvgIpc) is 2.15. The maximum Gasteiger partial charge on any atom is 0.232 e. The summed E-state index contributed by atoms with van der Waals surface area (Å²) in [4.78, 5) is 3.98. The molecule has 78 valence electrons. The van der Waals surface area contributed by atoms with E-state index in [1.54, 1.807) is 12.3 Å². The molecule has 0 aromatic carbocycles. The van der Waals surface area contributed by atoms with Crippen molar-refractivity contribution >= 4 is 27.2 Å². The van der Waals surface area contributed by atoms with E-state index in [4.69, 9.17) is 9.29 Å². The van der Waals surface area contributed by atoms with Gasteiger partial charge in [0.1, 0.15) is 0 Å². The Balaban J connectivity index is 2.82. The van der Waals surface area contributed by atoms with Gasteiger partial charge in [-0.05, 0) is 22.0 Å². The van der Waals surface area contributed by atoms with Gasteiger partial charge in [-0.1, -0.05) is 0 Å². The first-order valence-electron chi connectivity index (χ1n) is 3.66. The van der Waals surface area contributed by atoms with E-state index in [0.29, 0.717) is 11.4 Å². The minimum Gasteiger partial charge on any atom is -0.481 e. The van der Waals surface area contributed by atoms with Gasteiger partial charge in [-0.3, -0.25) is 4.55 Å². The SMILES string of the molecule is COc1ncc(Br)cc1CNS(=O)O. The molecular formula is C7H9BrN2O3S. The van der Waals surface area contributed by atoms with Crippen LogP contribution < -0.4 is 9.46 Å². The van der Waals surface area contributed by atoms with Crippen molar-refractivity contribution in [2.75, 3.05) is 7.11 Å². The first kappa shape index (κ1) is 11.6. The summed E-state index contributed by atoms with van der Waals surface area (Å²) in [6.07, 6.45) is 1.60. The van der Waals surface area contributed by atoms with Crippen LogP contribution in [0.4, 0.5) is 0 Å². The Morgan fingerprint density at radius 2 is 2.50 bits per heavy atom. The summed E-state index contributed by atoms with van der Waals surface area (Å²) < 4.78 is 27.0. The molecule has 0 saturated heterocycles. The lowest BCUT2D eigenvalue weighted by Crippen LogP contribution is -2.16. The Labute approximate surface area is 92.4 Å². The quantitative estimate of drug-likeness (QED) is 0.810. The predicted molar refractivity (Wildman–Crippen MR) is 56.1 cm³/mol. The molecule has 0 amide bonds. The van der Waals surface area contributed by atoms with Crippen LogP contribution in [0, 0.1) is 0 Å². The number of methoxy groups -OCH3 is 1. The Morgan fingerprint density at radius 1 is 1.79 bits per heavy atom. The van der Waals surface area contributed by atoms with Gasteiger partial charge >= 0.3 is 0 Å². The minimum atomic E-state index is -2.03. The summed E-state index contributed by atoms with van der Waals surface area (Å²) in [5, 5.41) is 0. The summed E-state index contributed by atoms with van der Waals surface area (Å²) in [6.45, 7) is 0.221. The number of hydrogen-bond donors (Lipinski definition) is 2. The normalized spacial score (nSPS) is 12.5. The minimum absolute atomic E-state index is 0.221. The smallest absolute Gasteiger partial charge is 0.232 e. The zero-order valence-corrected chi connectivity index (χ0v) is 9.76. The molecule has 1 atom stereocenters. The van der Waals surface area contributed by atoms with Gasteiger partial charge in [0.15, 0.2) is 0 Å². The number of nitrogens with one attached hydrogen (secondary N) is 1. The van der Waals surface area contributed by atoms with Gasteiger partial charge in [0.25, 0.3) is 0 Å². The number of halogens is 1. The van der Waals surface area contributed by atoms with Gasteiger partial charge < -0.3 is 4.74 Å². The number of aromatic nitrogens is 1. The molecule has 0 aliphatic rings. The van der Waals surface area contributed by atoms with Crippen LogP contribution in [-0.4, -0.2) is 20.9 Å². The second-order valence-electron chi connectivity index (χ2n) is 2.39. The van der Waals surface area contributed by atoms with E-state index in [1.165, 1.54) is 7.11 Å². The molecule has 7 heteroatoms. The topological polar surface area (TPSA) is 71.5 Å². The van der Waals surface area contributed by atoms with Crippen LogP contribution in [0.2, 0.25) is 0 Å². The standard InChI is InChI=1S/C7H9BrN2O3S/c1-13-7-5(3-10-14(11)12)2-6(8)4-9-7/h2,4,10H,3H2,1H3,(H,11,12). The zero-order valence-electron chi connectivity index (χ0n) is 7.36. The van der Waals surface area contributed by atoms with Gasteiger partial charge in [0.05, 0.1) is 7.11 Å². The largest absolute Gasteiger partial charge is 0.481 e. The van der Waals surface area contributed by atoms with Crippen LogP contribution in [0.25, 0.3) is 0 Å². The van der Waals surface area contributed by atoms with Crippen LogP contribution in [0.3, 0.4) is 0 Å². The molecule has 1 rings (SSSR count). The molecule has 1 heterocycles. The lowest BCUT2D eigenvalue weighted by atomic mass is 10.3. The molecule has 0 aliphatic carbocycles. The van der Waals surface area contributed by atoms with E-state index in [9.17, 15) is 4.21 Å². The first-order chi connectivity index (χ1) is 6.63. The molecule has 0 spiro atoms. The summed E-state index contributed by atoms with van der Waals surface area (Å²) in [5.41, 5.74) is 0.712. The Kier molecular flexibility index (Phi) is 4.46. The number of rotatable bonds is 4. The molecule has 5 nitrogen and oxygen atoms in total. The van der Waals surface area contributed by atoms with E-state index < -0.39 is 11.3 Å². The van der Waals surface area contributed by atoms with Crippen LogP contribution in [0.1, 0.15) is 5.56 Å². The molecule has 0 bridgehead atoms. The fraction of sp³-hybridized carbons (Fsp3) is 0.286. The fourth-order valence-corrected chi connectivity index (χ4v) is 1.58. The molecular weight excluding hydrogens is 272 g/mol. The van der Waals surface area contributed by atoms with Crippen LogP contribution in [0.15, 0.2) is 16.7 Å². The van der Waals surface area contributed by atoms with Crippen LogP contribution >= 0.6 is 15.9 Å². The molecule has 0 fully saturated rings. The Morgan fingerprint density at radius 3 is 3.07 bits per heavy atom. The van der Waals surface area contributed by atoms with Crippen molar-refractivity contribution in [3.63, 3.8) is 0 Å². The third-order valence-electron chi connectivity index (χ3n) is 1.47. The van der Waals surface area contributed by atoms with Gasteiger partial charge in [0.2, 0.25) is 17.1 Å². The molecule has 14 heavy (non-hydrogen) atoms. The number of pyridine rings is 1. The van der Waals surface area contributed by atoms with Gasteiger partial charge in [-0.2, -0.15) is 0 Å². The number of nitrogens with zero attached hydrogens (tertiary/aromatic N) is 1. The predicted octanol–water partition coefficient (Wildman–Crippen LogP) is 1.08. The average molecular weight is 281 g/mol. The number of hydrogen-bond acceptors (Lipinski definition) is 3. The third-order valence-corrected chi connectivity index (χ3v) is 2.30. The van der Waals surface area contributed by atoms with E-state index in [1.807, 2.05) is 0 Å². The van der Waals surface area contributed by atoms with E-state index >= 15 is 0 Å². The zero-order chi connectivity index (χ0) is 10.6. The molecule has 1 unspecified atom stereocenters. The first-order valence-corrected chi connectivity index (χ1v) is 5.56. The monoisotopic (exact) mass is 280 g/mol. The van der Waals surface area contributed by atoms with Crippen LogP contribution in [-0.2, 0) is 17.8 Å². The van der Waals surface area contributed by atoms with Crippen molar-refractivity contribution in [2.45, 2.75) is 6.54 Å². The lowest BCUT2D eigenvalue weighted by molar-refractivity contribution is 0.391. The van der Waals surface area contributed by atoms with E-state index in [0.717, 1.165) is 4.47 Å². The summed E-state index contributed by atoms with van der Waals surface area (Å²) in [7, 11) is 1.50. The van der Waals surface area contributed by atoms with Crippen LogP contribution in [0.5, 0.6) is 5.88 Å². The number of ether oxygens (including phenoxy) is 1. The molecule has 0 radical (unpaired) electrons. The van der Waals surface area contributed by atoms with E-state index in [2.05, 4.69) is 25.6 Å². The van der Waals surface area contributed by atoms with Gasteiger partial charge in [0, 0.05) is 22.8 Å². The van der Waals surface area contributed by atoms with Crippen molar-refractivity contribution in [2.24, 2.45) is 0 Å². The summed E-state index contributed by atoms with van der Waals surface area (Å²) in [5.74, 6) is 0.436. The van der Waals surface area contributed by atoms with Crippen molar-refractivity contribution < 1.29 is 13.5 Å². The Hall–Kier alpha value is -0.500. The van der Waals surface area contributed by atoms with E-state index in [-0.39, 0.29) is 6.54 Å². The van der Waals surface area contributed by atoms with Gasteiger partial charge in [-0.15, -0.1) is 0 Å². The highest BCUT2D eigenvalue weighted by atomic mass is 79.9. The maximum absolute atomic E-state index is 10.4. The highest BCUT2D eigenvalue weighted by Crippen LogP contribution is 2.19. The van der Waals surface area contributed by atoms with Crippen molar-refractivity contribution in [3.05, 3.63) is 22.3 Å². The molecule has 1 aromatic heterocycles. The second kappa shape index (κ2) is 5.40. The molecule has 2 N–H and O–H groups in total. The molecule has 0 aliphatic heterocycles. The lowest BCUT2D eigenvalue weighted by Gasteiger charge is -2.06. The third kappa shape index (κ3) is 3.33. The highest BCUT2D eigenvalue weighted by Gasteiger charge is 2.05. The summed E-state index contributed by atoms with van der Waals surface area (Å²) in [6, 6.07) is 1.77. The van der Waals surface area contributed by atoms with Crippen molar-refractivity contribution in [1.29, 1.82) is 0 Å².